The van der Waals surface area contributed by atoms with Gasteiger partial charge in [0, 0.05) is 11.6 Å². The molecular formula is C22H28Cl3N3O3S. The Kier molecular flexibility index (Phi) is 9.40. The standard InChI is InChI=1S/C22H27Cl2N3O3S.ClH/c1-14-6-4-5-7-17(14)22(28)25-20-12-19(24)21(13-18(20)23)31(29,30)26-15(2)16-8-10-27(3)11-9-16;/h4-7,12-13,15-16,26H,8-11H2,1-3H3,(H,25,28);1H/t15-;/m0./s1. The second-order valence-electron chi connectivity index (χ2n) is 8.08. The number of carbonyl (C=O) groups excluding carboxylic acids is 1. The minimum Gasteiger partial charge on any atom is -0.321 e. The zero-order valence-corrected chi connectivity index (χ0v) is 21.3. The van der Waals surface area contributed by atoms with Gasteiger partial charge in [-0.25, -0.2) is 13.1 Å². The quantitative estimate of drug-likeness (QED) is 0.563. The van der Waals surface area contributed by atoms with E-state index in [-0.39, 0.29) is 50.9 Å². The number of anilines is 1. The molecular weight excluding hydrogens is 493 g/mol. The van der Waals surface area contributed by atoms with Gasteiger partial charge in [0.15, 0.2) is 0 Å². The molecule has 1 heterocycles. The van der Waals surface area contributed by atoms with Crippen LogP contribution in [0, 0.1) is 12.8 Å². The molecule has 1 aliphatic rings. The lowest BCUT2D eigenvalue weighted by molar-refractivity contribution is 0.102. The van der Waals surface area contributed by atoms with E-state index < -0.39 is 10.0 Å². The van der Waals surface area contributed by atoms with E-state index in [1.807, 2.05) is 26.0 Å². The van der Waals surface area contributed by atoms with Gasteiger partial charge in [-0.2, -0.15) is 0 Å². The summed E-state index contributed by atoms with van der Waals surface area (Å²) >= 11 is 12.6. The predicted octanol–water partition coefficient (Wildman–Crippen LogP) is 4.98. The number of sulfonamides is 1. The van der Waals surface area contributed by atoms with E-state index in [2.05, 4.69) is 22.0 Å². The number of amides is 1. The van der Waals surface area contributed by atoms with Gasteiger partial charge >= 0.3 is 0 Å². The first kappa shape index (κ1) is 26.9. The maximum Gasteiger partial charge on any atom is 0.255 e. The van der Waals surface area contributed by atoms with Gasteiger partial charge in [-0.05, 0) is 76.5 Å². The fraction of sp³-hybridized carbons (Fsp3) is 0.409. The fourth-order valence-electron chi connectivity index (χ4n) is 3.78. The van der Waals surface area contributed by atoms with Crippen molar-refractivity contribution in [3.05, 3.63) is 57.6 Å². The molecule has 1 saturated heterocycles. The Morgan fingerprint density at radius 2 is 1.75 bits per heavy atom. The fourth-order valence-corrected chi connectivity index (χ4v) is 5.92. The van der Waals surface area contributed by atoms with E-state index in [4.69, 9.17) is 23.2 Å². The maximum atomic E-state index is 13.0. The zero-order chi connectivity index (χ0) is 22.8. The van der Waals surface area contributed by atoms with Crippen molar-refractivity contribution in [2.24, 2.45) is 5.92 Å². The molecule has 0 aliphatic carbocycles. The number of nitrogens with zero attached hydrogens (tertiary/aromatic N) is 1. The molecule has 6 nitrogen and oxygen atoms in total. The molecule has 176 valence electrons. The number of nitrogens with one attached hydrogen (secondary N) is 2. The number of carbonyl (C=O) groups is 1. The highest BCUT2D eigenvalue weighted by Crippen LogP contribution is 2.33. The van der Waals surface area contributed by atoms with Gasteiger partial charge in [0.25, 0.3) is 5.91 Å². The number of hydrogen-bond donors (Lipinski definition) is 2. The van der Waals surface area contributed by atoms with Gasteiger partial charge in [-0.3, -0.25) is 4.79 Å². The summed E-state index contributed by atoms with van der Waals surface area (Å²) in [5.74, 6) is -0.0893. The molecule has 1 atom stereocenters. The van der Waals surface area contributed by atoms with Crippen LogP contribution < -0.4 is 10.0 Å². The Morgan fingerprint density at radius 1 is 1.12 bits per heavy atom. The number of hydrogen-bond acceptors (Lipinski definition) is 4. The van der Waals surface area contributed by atoms with Gasteiger partial charge in [0.1, 0.15) is 4.90 Å². The molecule has 0 aromatic heterocycles. The summed E-state index contributed by atoms with van der Waals surface area (Å²) in [5.41, 5.74) is 1.57. The molecule has 1 amide bonds. The largest absolute Gasteiger partial charge is 0.321 e. The maximum absolute atomic E-state index is 13.0. The van der Waals surface area contributed by atoms with Crippen LogP contribution in [0.5, 0.6) is 0 Å². The van der Waals surface area contributed by atoms with Crippen LogP contribution in [0.25, 0.3) is 0 Å². The molecule has 0 spiro atoms. The van der Waals surface area contributed by atoms with Crippen molar-refractivity contribution in [2.75, 3.05) is 25.5 Å². The summed E-state index contributed by atoms with van der Waals surface area (Å²) in [6.07, 6.45) is 1.86. The third kappa shape index (κ3) is 6.37. The number of piperidine rings is 1. The average Bonchev–Trinajstić information content (AvgIpc) is 2.70. The molecule has 0 bridgehead atoms. The highest BCUT2D eigenvalue weighted by molar-refractivity contribution is 7.89. The first-order valence-electron chi connectivity index (χ1n) is 10.2. The van der Waals surface area contributed by atoms with Gasteiger partial charge in [-0.15, -0.1) is 12.4 Å². The molecule has 2 N–H and O–H groups in total. The molecule has 2 aromatic rings. The highest BCUT2D eigenvalue weighted by atomic mass is 35.5. The van der Waals surface area contributed by atoms with Crippen LogP contribution in [0.3, 0.4) is 0 Å². The Hall–Kier alpha value is -1.35. The van der Waals surface area contributed by atoms with Crippen molar-refractivity contribution in [1.29, 1.82) is 0 Å². The lowest BCUT2D eigenvalue weighted by Gasteiger charge is -2.33. The van der Waals surface area contributed by atoms with Crippen molar-refractivity contribution < 1.29 is 13.2 Å². The molecule has 1 aliphatic heterocycles. The summed E-state index contributed by atoms with van der Waals surface area (Å²) in [7, 11) is -1.81. The Balaban J connectivity index is 0.00000363. The van der Waals surface area contributed by atoms with E-state index in [0.29, 0.717) is 5.56 Å². The van der Waals surface area contributed by atoms with Crippen molar-refractivity contribution in [3.8, 4) is 0 Å². The monoisotopic (exact) mass is 519 g/mol. The zero-order valence-electron chi connectivity index (χ0n) is 18.2. The van der Waals surface area contributed by atoms with Crippen molar-refractivity contribution in [2.45, 2.75) is 37.6 Å². The minimum atomic E-state index is -3.87. The average molecular weight is 521 g/mol. The number of aryl methyl sites for hydroxylation is 1. The normalized spacial score (nSPS) is 16.3. The van der Waals surface area contributed by atoms with Crippen molar-refractivity contribution in [3.63, 3.8) is 0 Å². The number of halogens is 3. The molecule has 10 heteroatoms. The summed E-state index contributed by atoms with van der Waals surface area (Å²) in [4.78, 5) is 14.7. The van der Waals surface area contributed by atoms with Crippen LogP contribution in [0.1, 0.15) is 35.7 Å². The Bertz CT molecular complexity index is 1070. The molecule has 3 rings (SSSR count). The molecule has 1 fully saturated rings. The summed E-state index contributed by atoms with van der Waals surface area (Å²) < 4.78 is 28.7. The van der Waals surface area contributed by atoms with E-state index in [9.17, 15) is 13.2 Å². The van der Waals surface area contributed by atoms with Crippen LogP contribution in [0.4, 0.5) is 5.69 Å². The van der Waals surface area contributed by atoms with Gasteiger partial charge in [0.05, 0.1) is 15.7 Å². The summed E-state index contributed by atoms with van der Waals surface area (Å²) in [6, 6.07) is 9.56. The lowest BCUT2D eigenvalue weighted by Crippen LogP contribution is -2.43. The molecule has 0 radical (unpaired) electrons. The third-order valence-electron chi connectivity index (χ3n) is 5.76. The minimum absolute atomic E-state index is 0. The SMILES string of the molecule is Cc1ccccc1C(=O)Nc1cc(Cl)c(S(=O)(=O)N[C@@H](C)C2CCN(C)CC2)cc1Cl.Cl. The molecule has 0 saturated carbocycles. The van der Waals surface area contributed by atoms with Crippen LogP contribution in [-0.4, -0.2) is 45.4 Å². The first-order chi connectivity index (χ1) is 14.6. The number of rotatable bonds is 6. The highest BCUT2D eigenvalue weighted by Gasteiger charge is 2.28. The lowest BCUT2D eigenvalue weighted by atomic mass is 9.91. The smallest absolute Gasteiger partial charge is 0.255 e. The molecule has 2 aromatic carbocycles. The van der Waals surface area contributed by atoms with Crippen LogP contribution in [0.15, 0.2) is 41.3 Å². The van der Waals surface area contributed by atoms with E-state index in [1.165, 1.54) is 12.1 Å². The molecule has 0 unspecified atom stereocenters. The second kappa shape index (κ2) is 11.2. The van der Waals surface area contributed by atoms with E-state index >= 15 is 0 Å². The Labute approximate surface area is 206 Å². The van der Waals surface area contributed by atoms with E-state index in [0.717, 1.165) is 31.5 Å². The van der Waals surface area contributed by atoms with E-state index in [1.54, 1.807) is 12.1 Å². The molecule has 32 heavy (non-hydrogen) atoms. The summed E-state index contributed by atoms with van der Waals surface area (Å²) in [5, 5.41) is 2.80. The predicted molar refractivity (Wildman–Crippen MR) is 133 cm³/mol. The van der Waals surface area contributed by atoms with Crippen LogP contribution >= 0.6 is 35.6 Å². The number of likely N-dealkylation sites (tertiary alicyclic amines) is 1. The second-order valence-corrected chi connectivity index (χ2v) is 10.6. The third-order valence-corrected chi connectivity index (χ3v) is 8.10. The van der Waals surface area contributed by atoms with Crippen molar-refractivity contribution in [1.82, 2.24) is 9.62 Å². The van der Waals surface area contributed by atoms with Crippen LogP contribution in [0.2, 0.25) is 10.0 Å². The van der Waals surface area contributed by atoms with Crippen LogP contribution in [-0.2, 0) is 10.0 Å². The Morgan fingerprint density at radius 3 is 2.38 bits per heavy atom. The van der Waals surface area contributed by atoms with Gasteiger partial charge in [0.2, 0.25) is 10.0 Å². The first-order valence-corrected chi connectivity index (χ1v) is 12.4. The van der Waals surface area contributed by atoms with Gasteiger partial charge in [-0.1, -0.05) is 41.4 Å². The summed E-state index contributed by atoms with van der Waals surface area (Å²) in [6.45, 7) is 5.59. The van der Waals surface area contributed by atoms with Gasteiger partial charge < -0.3 is 10.2 Å². The topological polar surface area (TPSA) is 78.5 Å². The van der Waals surface area contributed by atoms with Crippen molar-refractivity contribution >= 4 is 57.2 Å². The number of benzene rings is 2.